The summed E-state index contributed by atoms with van der Waals surface area (Å²) in [5.41, 5.74) is 0.713. The van der Waals surface area contributed by atoms with Crippen LogP contribution in [-0.4, -0.2) is 53.4 Å². The summed E-state index contributed by atoms with van der Waals surface area (Å²) in [6.45, 7) is 5.55. The number of hydrogen-bond donors (Lipinski definition) is 1. The van der Waals surface area contributed by atoms with E-state index in [1.807, 2.05) is 25.1 Å². The topological polar surface area (TPSA) is 39.6 Å². The molecule has 4 nitrogen and oxygen atoms in total. The highest BCUT2D eigenvalue weighted by atomic mass is 19.1. The Balaban J connectivity index is 1.63. The van der Waals surface area contributed by atoms with Crippen LogP contribution in [0.15, 0.2) is 47.9 Å². The van der Waals surface area contributed by atoms with Crippen molar-refractivity contribution in [2.45, 2.75) is 25.6 Å². The monoisotopic (exact) mass is 303 g/mol. The predicted molar refractivity (Wildman–Crippen MR) is 85.8 cm³/mol. The van der Waals surface area contributed by atoms with Crippen molar-refractivity contribution in [3.05, 3.63) is 47.9 Å². The molecule has 22 heavy (non-hydrogen) atoms. The lowest BCUT2D eigenvalue weighted by molar-refractivity contribution is 0.210. The lowest BCUT2D eigenvalue weighted by Crippen LogP contribution is -2.50. The fourth-order valence-electron chi connectivity index (χ4n) is 3.12. The summed E-state index contributed by atoms with van der Waals surface area (Å²) in [4.78, 5) is 8.92. The van der Waals surface area contributed by atoms with Gasteiger partial charge in [-0.2, -0.15) is 0 Å². The first-order valence-electron chi connectivity index (χ1n) is 7.80. The number of anilines is 1. The molecule has 1 saturated heterocycles. The van der Waals surface area contributed by atoms with Gasteiger partial charge in [-0.1, -0.05) is 6.07 Å². The zero-order valence-corrected chi connectivity index (χ0v) is 12.8. The van der Waals surface area contributed by atoms with Gasteiger partial charge in [-0.15, -0.1) is 0 Å². The van der Waals surface area contributed by atoms with E-state index in [1.165, 1.54) is 0 Å². The van der Waals surface area contributed by atoms with Gasteiger partial charge < -0.3 is 10.0 Å². The molecular formula is C17H22FN3O. The average molecular weight is 303 g/mol. The third-order valence-electron chi connectivity index (χ3n) is 4.48. The van der Waals surface area contributed by atoms with Gasteiger partial charge in [-0.05, 0) is 31.2 Å². The molecule has 1 aromatic rings. The number of aliphatic hydroxyl groups is 1. The molecule has 0 aromatic carbocycles. The highest BCUT2D eigenvalue weighted by Gasteiger charge is 2.27. The molecule has 2 heterocycles. The predicted octanol–water partition coefficient (Wildman–Crippen LogP) is 2.70. The zero-order valence-electron chi connectivity index (χ0n) is 12.8. The summed E-state index contributed by atoms with van der Waals surface area (Å²) >= 11 is 0. The van der Waals surface area contributed by atoms with E-state index >= 15 is 0 Å². The number of aliphatic hydroxyl groups excluding tert-OH is 1. The van der Waals surface area contributed by atoms with Crippen molar-refractivity contribution in [1.82, 2.24) is 9.88 Å². The highest BCUT2D eigenvalue weighted by Crippen LogP contribution is 2.25. The van der Waals surface area contributed by atoms with Crippen LogP contribution in [0.3, 0.4) is 0 Å². The maximum atomic E-state index is 13.6. The summed E-state index contributed by atoms with van der Waals surface area (Å²) in [7, 11) is 0. The largest absolute Gasteiger partial charge is 0.508 e. The maximum absolute atomic E-state index is 13.6. The van der Waals surface area contributed by atoms with Gasteiger partial charge in [0.15, 0.2) is 0 Å². The number of aromatic nitrogens is 1. The molecule has 0 radical (unpaired) electrons. The van der Waals surface area contributed by atoms with Crippen molar-refractivity contribution in [3.8, 4) is 0 Å². The third kappa shape index (κ3) is 3.14. The molecule has 0 bridgehead atoms. The van der Waals surface area contributed by atoms with Gasteiger partial charge in [0.25, 0.3) is 0 Å². The van der Waals surface area contributed by atoms with Crippen molar-refractivity contribution >= 4 is 5.82 Å². The number of pyridine rings is 1. The molecule has 1 aromatic heterocycles. The van der Waals surface area contributed by atoms with Crippen LogP contribution in [0.2, 0.25) is 0 Å². The van der Waals surface area contributed by atoms with Crippen molar-refractivity contribution < 1.29 is 9.50 Å². The molecule has 2 aliphatic rings. The van der Waals surface area contributed by atoms with E-state index in [4.69, 9.17) is 0 Å². The SMILES string of the molecule is CC(C1=CC(F)CC=C1O)N1CCN(c2ccccn2)CC1. The highest BCUT2D eigenvalue weighted by molar-refractivity contribution is 5.39. The van der Waals surface area contributed by atoms with Gasteiger partial charge in [0.05, 0.1) is 0 Å². The Morgan fingerprint density at radius 2 is 2.05 bits per heavy atom. The van der Waals surface area contributed by atoms with Crippen molar-refractivity contribution in [1.29, 1.82) is 0 Å². The maximum Gasteiger partial charge on any atom is 0.128 e. The van der Waals surface area contributed by atoms with E-state index in [0.717, 1.165) is 32.0 Å². The fraction of sp³-hybridized carbons (Fsp3) is 0.471. The van der Waals surface area contributed by atoms with E-state index in [-0.39, 0.29) is 18.2 Å². The third-order valence-corrected chi connectivity index (χ3v) is 4.48. The summed E-state index contributed by atoms with van der Waals surface area (Å²) in [6.07, 6.45) is 4.24. The molecule has 0 amide bonds. The molecular weight excluding hydrogens is 281 g/mol. The molecule has 2 unspecified atom stereocenters. The van der Waals surface area contributed by atoms with Crippen molar-refractivity contribution in [2.24, 2.45) is 0 Å². The molecule has 1 N–H and O–H groups in total. The molecule has 1 aliphatic heterocycles. The van der Waals surface area contributed by atoms with Gasteiger partial charge in [-0.3, -0.25) is 4.90 Å². The summed E-state index contributed by atoms with van der Waals surface area (Å²) in [5, 5.41) is 10.00. The second-order valence-corrected chi connectivity index (χ2v) is 5.85. The van der Waals surface area contributed by atoms with Crippen LogP contribution in [0.25, 0.3) is 0 Å². The summed E-state index contributed by atoms with van der Waals surface area (Å²) in [6, 6.07) is 5.96. The summed E-state index contributed by atoms with van der Waals surface area (Å²) < 4.78 is 13.6. The molecule has 2 atom stereocenters. The van der Waals surface area contributed by atoms with Gasteiger partial charge in [-0.25, -0.2) is 9.37 Å². The molecule has 1 aliphatic carbocycles. The zero-order chi connectivity index (χ0) is 15.5. The van der Waals surface area contributed by atoms with Gasteiger partial charge in [0.2, 0.25) is 0 Å². The van der Waals surface area contributed by atoms with Crippen LogP contribution in [0, 0.1) is 0 Å². The standard InChI is InChI=1S/C17H22FN3O/c1-13(15-12-14(18)5-6-16(15)22)20-8-10-21(11-9-20)17-4-2-3-7-19-17/h2-4,6-7,12-14,22H,5,8-11H2,1H3. The molecule has 118 valence electrons. The van der Waals surface area contributed by atoms with E-state index in [1.54, 1.807) is 18.3 Å². The Morgan fingerprint density at radius 3 is 2.73 bits per heavy atom. The molecule has 0 spiro atoms. The average Bonchev–Trinajstić information content (AvgIpc) is 2.57. The quantitative estimate of drug-likeness (QED) is 0.932. The Labute approximate surface area is 130 Å². The van der Waals surface area contributed by atoms with E-state index in [2.05, 4.69) is 14.8 Å². The number of hydrogen-bond acceptors (Lipinski definition) is 4. The van der Waals surface area contributed by atoms with Crippen LogP contribution >= 0.6 is 0 Å². The Morgan fingerprint density at radius 1 is 1.27 bits per heavy atom. The molecule has 3 rings (SSSR count). The van der Waals surface area contributed by atoms with E-state index in [9.17, 15) is 9.50 Å². The number of rotatable bonds is 3. The Bertz CT molecular complexity index is 565. The van der Waals surface area contributed by atoms with Gasteiger partial charge in [0, 0.05) is 50.4 Å². The molecule has 1 fully saturated rings. The van der Waals surface area contributed by atoms with Gasteiger partial charge >= 0.3 is 0 Å². The lowest BCUT2D eigenvalue weighted by atomic mass is 9.97. The number of halogens is 1. The minimum atomic E-state index is -0.983. The van der Waals surface area contributed by atoms with Crippen LogP contribution in [0.4, 0.5) is 10.2 Å². The van der Waals surface area contributed by atoms with Gasteiger partial charge in [0.1, 0.15) is 17.7 Å². The Hall–Kier alpha value is -1.88. The number of nitrogens with zero attached hydrogens (tertiary/aromatic N) is 3. The minimum absolute atomic E-state index is 0.0284. The smallest absolute Gasteiger partial charge is 0.128 e. The number of piperazine rings is 1. The first kappa shape index (κ1) is 15.0. The van der Waals surface area contributed by atoms with Crippen LogP contribution in [-0.2, 0) is 0 Å². The molecule has 5 heteroatoms. The summed E-state index contributed by atoms with van der Waals surface area (Å²) in [5.74, 6) is 1.23. The van der Waals surface area contributed by atoms with Crippen LogP contribution < -0.4 is 4.90 Å². The number of allylic oxidation sites excluding steroid dienone is 2. The second kappa shape index (κ2) is 6.48. The lowest BCUT2D eigenvalue weighted by Gasteiger charge is -2.39. The van der Waals surface area contributed by atoms with E-state index in [0.29, 0.717) is 5.57 Å². The first-order chi connectivity index (χ1) is 10.6. The Kier molecular flexibility index (Phi) is 4.43. The fourth-order valence-corrected chi connectivity index (χ4v) is 3.12. The van der Waals surface area contributed by atoms with Crippen LogP contribution in [0.1, 0.15) is 13.3 Å². The second-order valence-electron chi connectivity index (χ2n) is 5.85. The van der Waals surface area contributed by atoms with Crippen molar-refractivity contribution in [2.75, 3.05) is 31.1 Å². The first-order valence-corrected chi connectivity index (χ1v) is 7.80. The van der Waals surface area contributed by atoms with Crippen LogP contribution in [0.5, 0.6) is 0 Å². The molecule has 0 saturated carbocycles. The van der Waals surface area contributed by atoms with Crippen molar-refractivity contribution in [3.63, 3.8) is 0 Å². The van der Waals surface area contributed by atoms with E-state index < -0.39 is 6.17 Å². The normalized spacial score (nSPS) is 24.6. The minimum Gasteiger partial charge on any atom is -0.508 e. The number of alkyl halides is 1.